The van der Waals surface area contributed by atoms with E-state index in [0.29, 0.717) is 10.1 Å². The van der Waals surface area contributed by atoms with Crippen molar-refractivity contribution in [2.45, 2.75) is 26.8 Å². The molecule has 1 saturated heterocycles. The number of benzene rings is 2. The Morgan fingerprint density at radius 1 is 1.12 bits per heavy atom. The molecule has 0 spiro atoms. The first kappa shape index (κ1) is 18.3. The van der Waals surface area contributed by atoms with Crippen LogP contribution in [0.15, 0.2) is 58.4 Å². The number of carbonyl (C=O) groups excluding carboxylic acids is 1. The van der Waals surface area contributed by atoms with E-state index in [4.69, 9.17) is 9.73 Å². The molecule has 3 rings (SSSR count). The van der Waals surface area contributed by atoms with E-state index in [9.17, 15) is 4.79 Å². The zero-order valence-corrected chi connectivity index (χ0v) is 16.2. The van der Waals surface area contributed by atoms with Gasteiger partial charge in [0.15, 0.2) is 5.17 Å². The second-order valence-electron chi connectivity index (χ2n) is 6.35. The number of para-hydroxylation sites is 1. The average Bonchev–Trinajstić information content (AvgIpc) is 2.93. The molecule has 1 heterocycles. The SMILES string of the molecule is COc1ccccc1/C=C1/SC(=Nc2ccc(C)cc2)N(C(C)C)C1=O. The smallest absolute Gasteiger partial charge is 0.266 e. The molecule has 1 fully saturated rings. The summed E-state index contributed by atoms with van der Waals surface area (Å²) >= 11 is 1.40. The molecule has 0 aromatic heterocycles. The van der Waals surface area contributed by atoms with Crippen LogP contribution in [-0.2, 0) is 4.79 Å². The molecule has 0 atom stereocenters. The first-order valence-corrected chi connectivity index (χ1v) is 9.32. The molecule has 26 heavy (non-hydrogen) atoms. The van der Waals surface area contributed by atoms with Crippen molar-refractivity contribution in [2.24, 2.45) is 4.99 Å². The Morgan fingerprint density at radius 2 is 1.81 bits per heavy atom. The molecule has 4 nitrogen and oxygen atoms in total. The third-order valence-electron chi connectivity index (χ3n) is 4.04. The fourth-order valence-corrected chi connectivity index (χ4v) is 3.79. The molecule has 134 valence electrons. The van der Waals surface area contributed by atoms with Crippen LogP contribution >= 0.6 is 11.8 Å². The topological polar surface area (TPSA) is 41.9 Å². The van der Waals surface area contributed by atoms with Gasteiger partial charge in [-0.05, 0) is 56.8 Å². The van der Waals surface area contributed by atoms with Crippen molar-refractivity contribution < 1.29 is 9.53 Å². The summed E-state index contributed by atoms with van der Waals surface area (Å²) in [6.07, 6.45) is 1.87. The second kappa shape index (κ2) is 7.79. The number of ether oxygens (including phenoxy) is 1. The van der Waals surface area contributed by atoms with Crippen molar-refractivity contribution in [1.82, 2.24) is 4.90 Å². The van der Waals surface area contributed by atoms with Gasteiger partial charge in [-0.1, -0.05) is 35.9 Å². The van der Waals surface area contributed by atoms with Crippen molar-refractivity contribution in [3.05, 3.63) is 64.6 Å². The molecule has 2 aromatic carbocycles. The van der Waals surface area contributed by atoms with Gasteiger partial charge in [-0.2, -0.15) is 0 Å². The predicted molar refractivity (Wildman–Crippen MR) is 109 cm³/mol. The first-order chi connectivity index (χ1) is 12.5. The molecular formula is C21H22N2O2S. The predicted octanol–water partition coefficient (Wildman–Crippen LogP) is 5.02. The highest BCUT2D eigenvalue weighted by Gasteiger charge is 2.35. The van der Waals surface area contributed by atoms with Crippen LogP contribution in [0.25, 0.3) is 6.08 Å². The van der Waals surface area contributed by atoms with Crippen LogP contribution < -0.4 is 4.74 Å². The monoisotopic (exact) mass is 366 g/mol. The van der Waals surface area contributed by atoms with Crippen LogP contribution in [-0.4, -0.2) is 29.1 Å². The molecule has 5 heteroatoms. The van der Waals surface area contributed by atoms with E-state index in [1.54, 1.807) is 12.0 Å². The van der Waals surface area contributed by atoms with Gasteiger partial charge in [-0.3, -0.25) is 9.69 Å². The van der Waals surface area contributed by atoms with Crippen LogP contribution in [0, 0.1) is 6.92 Å². The molecule has 1 aliphatic heterocycles. The van der Waals surface area contributed by atoms with Gasteiger partial charge in [0.2, 0.25) is 0 Å². The highest BCUT2D eigenvalue weighted by atomic mass is 32.2. The molecule has 0 aliphatic carbocycles. The summed E-state index contributed by atoms with van der Waals surface area (Å²) in [6, 6.07) is 15.7. The Hall–Kier alpha value is -2.53. The van der Waals surface area contributed by atoms with E-state index in [-0.39, 0.29) is 11.9 Å². The van der Waals surface area contributed by atoms with E-state index in [0.717, 1.165) is 17.0 Å². The number of aliphatic imine (C=N–C) groups is 1. The van der Waals surface area contributed by atoms with E-state index in [1.807, 2.05) is 75.4 Å². The summed E-state index contributed by atoms with van der Waals surface area (Å²) in [5.41, 5.74) is 2.91. The zero-order valence-electron chi connectivity index (χ0n) is 15.4. The molecule has 2 aromatic rings. The second-order valence-corrected chi connectivity index (χ2v) is 7.36. The first-order valence-electron chi connectivity index (χ1n) is 8.51. The number of amides is 1. The number of hydrogen-bond donors (Lipinski definition) is 0. The van der Waals surface area contributed by atoms with Gasteiger partial charge in [-0.25, -0.2) is 4.99 Å². The Bertz CT molecular complexity index is 870. The fraction of sp³-hybridized carbons (Fsp3) is 0.238. The molecule has 0 radical (unpaired) electrons. The number of thioether (sulfide) groups is 1. The molecule has 0 unspecified atom stereocenters. The lowest BCUT2D eigenvalue weighted by molar-refractivity contribution is -0.123. The molecule has 0 N–H and O–H groups in total. The number of carbonyl (C=O) groups is 1. The molecule has 0 bridgehead atoms. The van der Waals surface area contributed by atoms with Gasteiger partial charge in [0.05, 0.1) is 17.7 Å². The largest absolute Gasteiger partial charge is 0.496 e. The highest BCUT2D eigenvalue weighted by molar-refractivity contribution is 8.18. The minimum atomic E-state index is -0.0261. The van der Waals surface area contributed by atoms with E-state index < -0.39 is 0 Å². The van der Waals surface area contributed by atoms with Crippen LogP contribution in [0.1, 0.15) is 25.0 Å². The maximum absolute atomic E-state index is 12.9. The van der Waals surface area contributed by atoms with Crippen molar-refractivity contribution in [3.63, 3.8) is 0 Å². The van der Waals surface area contributed by atoms with Crippen molar-refractivity contribution in [3.8, 4) is 5.75 Å². The van der Waals surface area contributed by atoms with E-state index in [1.165, 1.54) is 17.3 Å². The quantitative estimate of drug-likeness (QED) is 0.714. The van der Waals surface area contributed by atoms with Gasteiger partial charge in [-0.15, -0.1) is 0 Å². The number of nitrogens with zero attached hydrogens (tertiary/aromatic N) is 2. The number of hydrogen-bond acceptors (Lipinski definition) is 4. The van der Waals surface area contributed by atoms with Crippen molar-refractivity contribution in [1.29, 1.82) is 0 Å². The summed E-state index contributed by atoms with van der Waals surface area (Å²) in [5.74, 6) is 0.718. The normalized spacial score (nSPS) is 17.6. The summed E-state index contributed by atoms with van der Waals surface area (Å²) < 4.78 is 5.39. The van der Waals surface area contributed by atoms with Gasteiger partial charge in [0.25, 0.3) is 5.91 Å². The van der Waals surface area contributed by atoms with E-state index in [2.05, 4.69) is 0 Å². The van der Waals surface area contributed by atoms with Gasteiger partial charge in [0, 0.05) is 11.6 Å². The number of rotatable bonds is 4. The third kappa shape index (κ3) is 3.83. The van der Waals surface area contributed by atoms with Crippen LogP contribution in [0.2, 0.25) is 0 Å². The lowest BCUT2D eigenvalue weighted by Gasteiger charge is -2.19. The van der Waals surface area contributed by atoms with Crippen molar-refractivity contribution in [2.75, 3.05) is 7.11 Å². The standard InChI is InChI=1S/C21H22N2O2S/c1-14(2)23-20(24)19(13-16-7-5-6-8-18(16)25-4)26-21(23)22-17-11-9-15(3)10-12-17/h5-14H,1-4H3/b19-13+,22-21?. The maximum Gasteiger partial charge on any atom is 0.266 e. The van der Waals surface area contributed by atoms with Gasteiger partial charge in [0.1, 0.15) is 5.75 Å². The summed E-state index contributed by atoms with van der Waals surface area (Å²) in [4.78, 5) is 20.0. The zero-order chi connectivity index (χ0) is 18.7. The number of methoxy groups -OCH3 is 1. The highest BCUT2D eigenvalue weighted by Crippen LogP contribution is 2.36. The van der Waals surface area contributed by atoms with Crippen LogP contribution in [0.3, 0.4) is 0 Å². The van der Waals surface area contributed by atoms with Gasteiger partial charge < -0.3 is 4.74 Å². The Labute approximate surface area is 158 Å². The number of amidine groups is 1. The maximum atomic E-state index is 12.9. The van der Waals surface area contributed by atoms with E-state index >= 15 is 0 Å². The van der Waals surface area contributed by atoms with Crippen molar-refractivity contribution >= 4 is 34.6 Å². The minimum absolute atomic E-state index is 0.0261. The lowest BCUT2D eigenvalue weighted by Crippen LogP contribution is -2.35. The molecule has 1 amide bonds. The van der Waals surface area contributed by atoms with Crippen LogP contribution in [0.4, 0.5) is 5.69 Å². The van der Waals surface area contributed by atoms with Crippen LogP contribution in [0.5, 0.6) is 5.75 Å². The van der Waals surface area contributed by atoms with Gasteiger partial charge >= 0.3 is 0 Å². The molecule has 0 saturated carbocycles. The minimum Gasteiger partial charge on any atom is -0.496 e. The molecular weight excluding hydrogens is 344 g/mol. The lowest BCUT2D eigenvalue weighted by atomic mass is 10.2. The Balaban J connectivity index is 1.98. The number of aryl methyl sites for hydroxylation is 1. The Kier molecular flexibility index (Phi) is 5.47. The summed E-state index contributed by atoms with van der Waals surface area (Å²) in [5, 5.41) is 0.704. The average molecular weight is 366 g/mol. The molecule has 1 aliphatic rings. The summed E-state index contributed by atoms with van der Waals surface area (Å²) in [7, 11) is 1.63. The third-order valence-corrected chi connectivity index (χ3v) is 5.02. The Morgan fingerprint density at radius 3 is 2.46 bits per heavy atom. The fourth-order valence-electron chi connectivity index (χ4n) is 2.68. The summed E-state index contributed by atoms with van der Waals surface area (Å²) in [6.45, 7) is 6.03.